The van der Waals surface area contributed by atoms with E-state index in [2.05, 4.69) is 10.3 Å². The largest absolute Gasteiger partial charge is 0.350 e. The Morgan fingerprint density at radius 2 is 1.75 bits per heavy atom. The molecular weight excluding hydrogens is 587 g/mol. The van der Waals surface area contributed by atoms with Gasteiger partial charge in [-0.3, -0.25) is 14.4 Å². The monoisotopic (exact) mass is 632 g/mol. The number of benzene rings is 1. The van der Waals surface area contributed by atoms with E-state index in [9.17, 15) is 27.2 Å². The van der Waals surface area contributed by atoms with Crippen LogP contribution in [0.25, 0.3) is 10.9 Å². The lowest BCUT2D eigenvalue weighted by Crippen LogP contribution is -2.50. The number of rotatable bonds is 9. The van der Waals surface area contributed by atoms with Crippen molar-refractivity contribution in [2.45, 2.75) is 76.3 Å². The van der Waals surface area contributed by atoms with Crippen LogP contribution >= 0.6 is 0 Å². The molecule has 44 heavy (non-hydrogen) atoms. The van der Waals surface area contributed by atoms with Gasteiger partial charge in [0.2, 0.25) is 11.8 Å². The number of hydrogen-bond acceptors (Lipinski definition) is 6. The van der Waals surface area contributed by atoms with E-state index in [-0.39, 0.29) is 35.3 Å². The highest BCUT2D eigenvalue weighted by molar-refractivity contribution is 7.87. The number of carbonyl (C=O) groups excluding carboxylic acids is 3. The second kappa shape index (κ2) is 13.5. The van der Waals surface area contributed by atoms with Crippen molar-refractivity contribution < 1.29 is 27.2 Å². The zero-order valence-corrected chi connectivity index (χ0v) is 26.4. The van der Waals surface area contributed by atoms with Crippen molar-refractivity contribution in [1.29, 1.82) is 0 Å². The summed E-state index contributed by atoms with van der Waals surface area (Å²) < 4.78 is 40.2. The lowest BCUT2D eigenvalue weighted by atomic mass is 9.76. The van der Waals surface area contributed by atoms with Crippen LogP contribution in [-0.4, -0.2) is 79.7 Å². The molecule has 0 radical (unpaired) electrons. The summed E-state index contributed by atoms with van der Waals surface area (Å²) in [6.45, 7) is -0.00464. The molecule has 1 saturated heterocycles. The zero-order valence-electron chi connectivity index (χ0n) is 25.6. The third-order valence-corrected chi connectivity index (χ3v) is 11.4. The lowest BCUT2D eigenvalue weighted by molar-refractivity contribution is -0.142. The van der Waals surface area contributed by atoms with Crippen molar-refractivity contribution in [3.05, 3.63) is 30.0 Å². The number of halogens is 1. The summed E-state index contributed by atoms with van der Waals surface area (Å²) in [6, 6.07) is 5.65. The van der Waals surface area contributed by atoms with Crippen LogP contribution < -0.4 is 15.8 Å². The van der Waals surface area contributed by atoms with E-state index in [4.69, 9.17) is 5.73 Å². The molecule has 5 N–H and O–H groups in total. The topological polar surface area (TPSA) is 158 Å². The van der Waals surface area contributed by atoms with Gasteiger partial charge in [-0.25, -0.2) is 9.11 Å². The predicted octanol–water partition coefficient (Wildman–Crippen LogP) is 3.54. The fourth-order valence-electron chi connectivity index (χ4n) is 7.42. The minimum absolute atomic E-state index is 0.0140. The van der Waals surface area contributed by atoms with E-state index in [1.165, 1.54) is 26.6 Å². The number of anilines is 1. The van der Waals surface area contributed by atoms with Crippen molar-refractivity contribution in [2.24, 2.45) is 29.4 Å². The molecule has 2 saturated carbocycles. The van der Waals surface area contributed by atoms with Crippen LogP contribution in [0.4, 0.5) is 10.1 Å². The van der Waals surface area contributed by atoms with Crippen molar-refractivity contribution in [3.8, 4) is 0 Å². The summed E-state index contributed by atoms with van der Waals surface area (Å²) in [5.74, 6) is -0.622. The first-order chi connectivity index (χ1) is 21.0. The Bertz CT molecular complexity index is 1460. The molecule has 0 unspecified atom stereocenters. The normalized spacial score (nSPS) is 25.7. The SMILES string of the molecule is CN(C)S(=O)(=O)NC(=O)c1cc2cc(NC(=O)[C@@H]3[C@H](C4CCCCC4)CCN3C(=O)[C@H]3CC[C@H]([C@H](N)CF)CC3)ccc2[nH]1. The maximum Gasteiger partial charge on any atom is 0.303 e. The number of H-pyrrole nitrogens is 1. The number of nitrogens with one attached hydrogen (secondary N) is 3. The molecule has 1 aromatic carbocycles. The predicted molar refractivity (Wildman–Crippen MR) is 167 cm³/mol. The third-order valence-electron chi connectivity index (χ3n) is 9.99. The van der Waals surface area contributed by atoms with E-state index >= 15 is 0 Å². The average Bonchev–Trinajstić information content (AvgIpc) is 3.65. The van der Waals surface area contributed by atoms with Crippen LogP contribution in [0.1, 0.15) is 74.7 Å². The van der Waals surface area contributed by atoms with Crippen LogP contribution in [0.5, 0.6) is 0 Å². The van der Waals surface area contributed by atoms with E-state index in [0.717, 1.165) is 49.3 Å². The van der Waals surface area contributed by atoms with Gasteiger partial charge >= 0.3 is 10.2 Å². The van der Waals surface area contributed by atoms with E-state index in [1.54, 1.807) is 23.1 Å². The molecule has 11 nitrogen and oxygen atoms in total. The van der Waals surface area contributed by atoms with Crippen LogP contribution in [0.2, 0.25) is 0 Å². The molecule has 2 heterocycles. The van der Waals surface area contributed by atoms with Crippen molar-refractivity contribution in [3.63, 3.8) is 0 Å². The summed E-state index contributed by atoms with van der Waals surface area (Å²) in [7, 11) is -1.31. The van der Waals surface area contributed by atoms with Gasteiger partial charge < -0.3 is 20.9 Å². The van der Waals surface area contributed by atoms with E-state index in [1.807, 2.05) is 4.72 Å². The van der Waals surface area contributed by atoms with Gasteiger partial charge in [0.15, 0.2) is 0 Å². The van der Waals surface area contributed by atoms with Crippen molar-refractivity contribution in [1.82, 2.24) is 18.9 Å². The quantitative estimate of drug-likeness (QED) is 0.331. The number of alkyl halides is 1. The molecule has 1 aliphatic heterocycles. The van der Waals surface area contributed by atoms with Gasteiger partial charge in [0.25, 0.3) is 5.91 Å². The highest BCUT2D eigenvalue weighted by Crippen LogP contribution is 2.41. The molecule has 242 valence electrons. The fourth-order valence-corrected chi connectivity index (χ4v) is 7.95. The molecule has 3 fully saturated rings. The Hall–Kier alpha value is -3.03. The second-order valence-electron chi connectivity index (χ2n) is 12.9. The van der Waals surface area contributed by atoms with Gasteiger partial charge in [-0.15, -0.1) is 0 Å². The van der Waals surface area contributed by atoms with Crippen LogP contribution in [0.3, 0.4) is 0 Å². The maximum atomic E-state index is 14.0. The summed E-state index contributed by atoms with van der Waals surface area (Å²) in [5, 5.41) is 3.67. The highest BCUT2D eigenvalue weighted by atomic mass is 32.2. The molecular formula is C31H45FN6O5S. The smallest absolute Gasteiger partial charge is 0.303 e. The first-order valence-corrected chi connectivity index (χ1v) is 17.2. The number of hydrogen-bond donors (Lipinski definition) is 4. The number of nitrogens with zero attached hydrogens (tertiary/aromatic N) is 2. The van der Waals surface area contributed by atoms with Gasteiger partial charge in [-0.2, -0.15) is 12.7 Å². The van der Waals surface area contributed by atoms with E-state index < -0.39 is 34.9 Å². The number of amides is 3. The first kappa shape index (κ1) is 32.4. The second-order valence-corrected chi connectivity index (χ2v) is 14.8. The molecule has 0 bridgehead atoms. The molecule has 3 aliphatic rings. The summed E-state index contributed by atoms with van der Waals surface area (Å²) in [6.07, 6.45) is 9.14. The minimum Gasteiger partial charge on any atom is -0.350 e. The molecule has 2 aliphatic carbocycles. The van der Waals surface area contributed by atoms with Crippen LogP contribution in [0, 0.1) is 23.7 Å². The van der Waals surface area contributed by atoms with Crippen LogP contribution in [-0.2, 0) is 19.8 Å². The number of fused-ring (bicyclic) bond motifs is 1. The molecule has 1 aromatic heterocycles. The Morgan fingerprint density at radius 3 is 2.41 bits per heavy atom. The number of likely N-dealkylation sites (tertiary alicyclic amines) is 1. The maximum absolute atomic E-state index is 14.0. The van der Waals surface area contributed by atoms with Gasteiger partial charge in [-0.05, 0) is 74.1 Å². The summed E-state index contributed by atoms with van der Waals surface area (Å²) in [4.78, 5) is 45.2. The molecule has 3 amide bonds. The standard InChI is InChI=1S/C31H45FN6O5S/c1-37(2)44(42,43)36-29(39)27-17-22-16-23(12-13-26(22)35-27)34-30(40)28-24(19-6-4-3-5-7-19)14-15-38(28)31(41)21-10-8-20(9-11-21)25(33)18-32/h12-13,16-17,19-21,24-25,28,35H,3-11,14-15,18,33H2,1-2H3,(H,34,40)(H,36,39)/t20-,21-,24-,25+,28-/m0/s1. The third kappa shape index (κ3) is 6.94. The molecule has 13 heteroatoms. The van der Waals surface area contributed by atoms with Crippen molar-refractivity contribution in [2.75, 3.05) is 32.6 Å². The average molecular weight is 633 g/mol. The Labute approximate surface area is 258 Å². The number of nitrogens with two attached hydrogens (primary N) is 1. The highest BCUT2D eigenvalue weighted by Gasteiger charge is 2.47. The fraction of sp³-hybridized carbons (Fsp3) is 0.645. The zero-order chi connectivity index (χ0) is 31.6. The Morgan fingerprint density at radius 1 is 1.05 bits per heavy atom. The Kier molecular flexibility index (Phi) is 9.96. The molecule has 0 spiro atoms. The summed E-state index contributed by atoms with van der Waals surface area (Å²) >= 11 is 0. The van der Waals surface area contributed by atoms with Crippen molar-refractivity contribution >= 4 is 44.5 Å². The minimum atomic E-state index is -3.96. The van der Waals surface area contributed by atoms with Gasteiger partial charge in [-0.1, -0.05) is 32.1 Å². The lowest BCUT2D eigenvalue weighted by Gasteiger charge is -2.36. The van der Waals surface area contributed by atoms with Gasteiger partial charge in [0.1, 0.15) is 18.4 Å². The number of carbonyl (C=O) groups is 3. The number of aromatic nitrogens is 1. The van der Waals surface area contributed by atoms with Gasteiger partial charge in [0, 0.05) is 49.2 Å². The van der Waals surface area contributed by atoms with Crippen LogP contribution in [0.15, 0.2) is 24.3 Å². The molecule has 2 aromatic rings. The summed E-state index contributed by atoms with van der Waals surface area (Å²) in [5.41, 5.74) is 7.14. The van der Waals surface area contributed by atoms with Gasteiger partial charge in [0.05, 0.1) is 0 Å². The molecule has 5 rings (SSSR count). The molecule has 3 atom stereocenters. The van der Waals surface area contributed by atoms with E-state index in [0.29, 0.717) is 41.9 Å². The number of aromatic amines is 1. The first-order valence-electron chi connectivity index (χ1n) is 15.8. The Balaban J connectivity index is 1.32.